The van der Waals surface area contributed by atoms with Crippen LogP contribution < -0.4 is 4.74 Å². The number of rotatable bonds is 3. The van der Waals surface area contributed by atoms with Crippen LogP contribution in [0.2, 0.25) is 0 Å². The Morgan fingerprint density at radius 3 is 3.08 bits per heavy atom. The molecule has 2 saturated heterocycles. The van der Waals surface area contributed by atoms with Gasteiger partial charge in [-0.15, -0.1) is 0 Å². The molecule has 1 aromatic carbocycles. The molecule has 126 valence electrons. The van der Waals surface area contributed by atoms with Gasteiger partial charge in [-0.2, -0.15) is 0 Å². The van der Waals surface area contributed by atoms with Gasteiger partial charge in [0, 0.05) is 25.1 Å². The van der Waals surface area contributed by atoms with E-state index in [4.69, 9.17) is 9.47 Å². The monoisotopic (exact) mass is 327 g/mol. The van der Waals surface area contributed by atoms with Crippen molar-refractivity contribution in [3.63, 3.8) is 0 Å². The highest BCUT2D eigenvalue weighted by atomic mass is 16.5. The van der Waals surface area contributed by atoms with Crippen LogP contribution in [0.1, 0.15) is 19.3 Å². The van der Waals surface area contributed by atoms with Gasteiger partial charge in [-0.05, 0) is 31.4 Å². The first-order chi connectivity index (χ1) is 11.8. The van der Waals surface area contributed by atoms with Crippen LogP contribution in [0.15, 0.2) is 30.6 Å². The number of amides is 1. The van der Waals surface area contributed by atoms with E-state index in [-0.39, 0.29) is 17.9 Å². The normalized spacial score (nSPS) is 23.8. The minimum atomic E-state index is 0.0118. The summed E-state index contributed by atoms with van der Waals surface area (Å²) in [6.45, 7) is 3.17. The zero-order valence-corrected chi connectivity index (χ0v) is 13.6. The average Bonchev–Trinajstić information content (AvgIpc) is 3.07. The topological polar surface area (TPSA) is 64.5 Å². The number of aromatic nitrogens is 2. The van der Waals surface area contributed by atoms with E-state index in [1.807, 2.05) is 29.2 Å². The van der Waals surface area contributed by atoms with Gasteiger partial charge in [-0.1, -0.05) is 12.1 Å². The quantitative estimate of drug-likeness (QED) is 0.863. The molecule has 0 aliphatic carbocycles. The molecule has 0 bridgehead atoms. The molecule has 3 heterocycles. The van der Waals surface area contributed by atoms with Crippen LogP contribution >= 0.6 is 0 Å². The number of carbonyl (C=O) groups is 1. The molecule has 2 aliphatic heterocycles. The lowest BCUT2D eigenvalue weighted by atomic mass is 9.79. The van der Waals surface area contributed by atoms with Crippen molar-refractivity contribution in [3.05, 3.63) is 30.6 Å². The molecule has 1 atom stereocenters. The predicted octanol–water partition coefficient (Wildman–Crippen LogP) is 2.04. The van der Waals surface area contributed by atoms with E-state index in [0.717, 1.165) is 56.5 Å². The third-order valence-electron chi connectivity index (χ3n) is 5.04. The molecule has 0 unspecified atom stereocenters. The van der Waals surface area contributed by atoms with Gasteiger partial charge >= 0.3 is 0 Å². The standard InChI is InChI=1S/C18H21N3O3/c22-16(21-8-3-6-18(11-21)7-9-23-12-18)10-24-17-14-4-1-2-5-15(14)19-13-20-17/h1-2,4-5,13H,3,6-12H2/t18-/m0/s1. The largest absolute Gasteiger partial charge is 0.467 e. The molecular weight excluding hydrogens is 306 g/mol. The summed E-state index contributed by atoms with van der Waals surface area (Å²) in [6.07, 6.45) is 4.70. The van der Waals surface area contributed by atoms with Crippen LogP contribution in [0.4, 0.5) is 0 Å². The van der Waals surface area contributed by atoms with Gasteiger partial charge in [-0.25, -0.2) is 9.97 Å². The molecule has 1 amide bonds. The van der Waals surface area contributed by atoms with Crippen molar-refractivity contribution >= 4 is 16.8 Å². The maximum absolute atomic E-state index is 12.6. The number of ether oxygens (including phenoxy) is 2. The first-order valence-corrected chi connectivity index (χ1v) is 8.44. The molecule has 1 aromatic heterocycles. The Morgan fingerprint density at radius 1 is 1.29 bits per heavy atom. The molecule has 2 fully saturated rings. The number of fused-ring (bicyclic) bond motifs is 1. The molecule has 0 radical (unpaired) electrons. The van der Waals surface area contributed by atoms with Crippen molar-refractivity contribution in [1.82, 2.24) is 14.9 Å². The molecular formula is C18H21N3O3. The molecule has 0 N–H and O–H groups in total. The van der Waals surface area contributed by atoms with E-state index in [9.17, 15) is 4.79 Å². The highest BCUT2D eigenvalue weighted by Gasteiger charge is 2.40. The fourth-order valence-electron chi connectivity index (χ4n) is 3.71. The second-order valence-electron chi connectivity index (χ2n) is 6.71. The van der Waals surface area contributed by atoms with Crippen molar-refractivity contribution in [2.75, 3.05) is 32.9 Å². The summed E-state index contributed by atoms with van der Waals surface area (Å²) < 4.78 is 11.3. The molecule has 6 heteroatoms. The Hall–Kier alpha value is -2.21. The summed E-state index contributed by atoms with van der Waals surface area (Å²) in [6, 6.07) is 7.64. The predicted molar refractivity (Wildman–Crippen MR) is 88.7 cm³/mol. The summed E-state index contributed by atoms with van der Waals surface area (Å²) in [5, 5.41) is 0.826. The van der Waals surface area contributed by atoms with Gasteiger partial charge in [0.1, 0.15) is 6.33 Å². The lowest BCUT2D eigenvalue weighted by Crippen LogP contribution is -2.48. The van der Waals surface area contributed by atoms with E-state index in [1.165, 1.54) is 6.33 Å². The Balaban J connectivity index is 1.42. The number of hydrogen-bond donors (Lipinski definition) is 0. The lowest BCUT2D eigenvalue weighted by molar-refractivity contribution is -0.137. The minimum absolute atomic E-state index is 0.0118. The van der Waals surface area contributed by atoms with Crippen LogP contribution in [0.5, 0.6) is 5.88 Å². The zero-order chi connectivity index (χ0) is 16.4. The van der Waals surface area contributed by atoms with E-state index in [0.29, 0.717) is 5.88 Å². The first-order valence-electron chi connectivity index (χ1n) is 8.44. The zero-order valence-electron chi connectivity index (χ0n) is 13.6. The summed E-state index contributed by atoms with van der Waals surface area (Å²) in [4.78, 5) is 22.9. The fraction of sp³-hybridized carbons (Fsp3) is 0.500. The van der Waals surface area contributed by atoms with E-state index in [2.05, 4.69) is 9.97 Å². The third kappa shape index (κ3) is 2.94. The molecule has 24 heavy (non-hydrogen) atoms. The van der Waals surface area contributed by atoms with Gasteiger partial charge in [-0.3, -0.25) is 4.79 Å². The molecule has 0 saturated carbocycles. The molecule has 1 spiro atoms. The van der Waals surface area contributed by atoms with Gasteiger partial charge in [0.15, 0.2) is 6.61 Å². The van der Waals surface area contributed by atoms with Gasteiger partial charge in [0.2, 0.25) is 5.88 Å². The number of benzene rings is 1. The van der Waals surface area contributed by atoms with E-state index < -0.39 is 0 Å². The maximum Gasteiger partial charge on any atom is 0.260 e. The average molecular weight is 327 g/mol. The maximum atomic E-state index is 12.6. The van der Waals surface area contributed by atoms with Gasteiger partial charge in [0.25, 0.3) is 5.91 Å². The Labute approximate surface area is 140 Å². The summed E-state index contributed by atoms with van der Waals surface area (Å²) in [5.41, 5.74) is 0.977. The van der Waals surface area contributed by atoms with Crippen LogP contribution in [0.3, 0.4) is 0 Å². The lowest BCUT2D eigenvalue weighted by Gasteiger charge is -2.39. The van der Waals surface area contributed by atoms with Gasteiger partial charge < -0.3 is 14.4 Å². The van der Waals surface area contributed by atoms with Crippen LogP contribution in [0, 0.1) is 5.41 Å². The second kappa shape index (κ2) is 6.36. The summed E-state index contributed by atoms with van der Waals surface area (Å²) in [7, 11) is 0. The van der Waals surface area contributed by atoms with Crippen molar-refractivity contribution < 1.29 is 14.3 Å². The van der Waals surface area contributed by atoms with Crippen LogP contribution in [-0.2, 0) is 9.53 Å². The third-order valence-corrected chi connectivity index (χ3v) is 5.04. The summed E-state index contributed by atoms with van der Waals surface area (Å²) >= 11 is 0. The Morgan fingerprint density at radius 2 is 2.21 bits per heavy atom. The van der Waals surface area contributed by atoms with Crippen molar-refractivity contribution in [3.8, 4) is 5.88 Å². The van der Waals surface area contributed by atoms with E-state index in [1.54, 1.807) is 0 Å². The molecule has 2 aliphatic rings. The van der Waals surface area contributed by atoms with Crippen LogP contribution in [0.25, 0.3) is 10.9 Å². The van der Waals surface area contributed by atoms with Crippen molar-refractivity contribution in [2.24, 2.45) is 5.41 Å². The fourth-order valence-corrected chi connectivity index (χ4v) is 3.71. The number of hydrogen-bond acceptors (Lipinski definition) is 5. The Kier molecular flexibility index (Phi) is 4.06. The second-order valence-corrected chi connectivity index (χ2v) is 6.71. The Bertz CT molecular complexity index is 738. The van der Waals surface area contributed by atoms with Crippen molar-refractivity contribution in [2.45, 2.75) is 19.3 Å². The molecule has 6 nitrogen and oxygen atoms in total. The minimum Gasteiger partial charge on any atom is -0.467 e. The number of piperidine rings is 1. The molecule has 4 rings (SSSR count). The van der Waals surface area contributed by atoms with Crippen molar-refractivity contribution in [1.29, 1.82) is 0 Å². The first kappa shape index (κ1) is 15.3. The van der Waals surface area contributed by atoms with E-state index >= 15 is 0 Å². The number of nitrogens with zero attached hydrogens (tertiary/aromatic N) is 3. The number of likely N-dealkylation sites (tertiary alicyclic amines) is 1. The smallest absolute Gasteiger partial charge is 0.260 e. The number of para-hydroxylation sites is 1. The van der Waals surface area contributed by atoms with Crippen LogP contribution in [-0.4, -0.2) is 53.7 Å². The highest BCUT2D eigenvalue weighted by molar-refractivity contribution is 5.84. The van der Waals surface area contributed by atoms with Gasteiger partial charge in [0.05, 0.1) is 17.5 Å². The highest BCUT2D eigenvalue weighted by Crippen LogP contribution is 2.37. The number of carbonyl (C=O) groups excluding carboxylic acids is 1. The SMILES string of the molecule is O=C(COc1ncnc2ccccc12)N1CCC[C@]2(CCOC2)C1. The molecule has 2 aromatic rings. The summed E-state index contributed by atoms with van der Waals surface area (Å²) in [5.74, 6) is 0.480.